The molecule has 0 atom stereocenters. The second kappa shape index (κ2) is 8.32. The van der Waals surface area contributed by atoms with Gasteiger partial charge in [-0.25, -0.2) is 4.79 Å². The van der Waals surface area contributed by atoms with Crippen LogP contribution in [0.4, 0.5) is 11.4 Å². The van der Waals surface area contributed by atoms with Crippen molar-refractivity contribution < 1.29 is 9.32 Å². The Morgan fingerprint density at radius 2 is 1.76 bits per heavy atom. The van der Waals surface area contributed by atoms with E-state index in [4.69, 9.17) is 0 Å². The molecule has 1 aliphatic heterocycles. The molecule has 8 nitrogen and oxygen atoms in total. The number of benzene rings is 2. The molecule has 1 amide bonds. The molecule has 150 valence electrons. The summed E-state index contributed by atoms with van der Waals surface area (Å²) in [6.45, 7) is 7.41. The molecule has 3 aromatic rings. The molecule has 8 heteroatoms. The summed E-state index contributed by atoms with van der Waals surface area (Å²) in [5, 5.41) is 6.52. The van der Waals surface area contributed by atoms with E-state index in [0.717, 1.165) is 38.4 Å². The van der Waals surface area contributed by atoms with Crippen molar-refractivity contribution >= 4 is 17.3 Å². The van der Waals surface area contributed by atoms with Crippen LogP contribution in [0.2, 0.25) is 0 Å². The second-order valence-corrected chi connectivity index (χ2v) is 6.94. The van der Waals surface area contributed by atoms with Gasteiger partial charge in [-0.1, -0.05) is 12.1 Å². The lowest BCUT2D eigenvalue weighted by Gasteiger charge is -2.35. The largest absolute Gasteiger partial charge is 0.439 e. The molecule has 0 bridgehead atoms. The highest BCUT2D eigenvalue weighted by molar-refractivity contribution is 6.04. The fourth-order valence-electron chi connectivity index (χ4n) is 3.41. The molecule has 2 N–H and O–H groups in total. The van der Waals surface area contributed by atoms with Gasteiger partial charge in [-0.15, -0.1) is 0 Å². The standard InChI is InChI=1S/C21H23N5O3/c1-2-25-11-13-26(14-12-25)18-9-5-16(6-10-18)20(27)22-17-7-3-15(4-8-17)19-23-21(28)29-24-19/h3-10H,2,11-14H2,1H3,(H,22,27)(H,23,24,28). The van der Waals surface area contributed by atoms with Gasteiger partial charge in [0.15, 0.2) is 5.82 Å². The number of carbonyl (C=O) groups is 1. The molecule has 1 aliphatic rings. The normalized spacial score (nSPS) is 14.7. The quantitative estimate of drug-likeness (QED) is 0.691. The second-order valence-electron chi connectivity index (χ2n) is 6.94. The van der Waals surface area contributed by atoms with E-state index >= 15 is 0 Å². The number of piperazine rings is 1. The van der Waals surface area contributed by atoms with Crippen LogP contribution in [0.3, 0.4) is 0 Å². The maximum Gasteiger partial charge on any atom is 0.439 e. The number of amides is 1. The van der Waals surface area contributed by atoms with E-state index in [2.05, 4.69) is 36.7 Å². The fourth-order valence-corrected chi connectivity index (χ4v) is 3.41. The third kappa shape index (κ3) is 4.38. The van der Waals surface area contributed by atoms with Gasteiger partial charge in [-0.05, 0) is 55.1 Å². The van der Waals surface area contributed by atoms with Gasteiger partial charge in [0.1, 0.15) is 0 Å². The third-order valence-corrected chi connectivity index (χ3v) is 5.17. The van der Waals surface area contributed by atoms with E-state index in [1.165, 1.54) is 0 Å². The Morgan fingerprint density at radius 3 is 2.34 bits per heavy atom. The molecule has 1 aromatic heterocycles. The highest BCUT2D eigenvalue weighted by Crippen LogP contribution is 2.20. The first-order valence-electron chi connectivity index (χ1n) is 9.67. The average molecular weight is 393 g/mol. The van der Waals surface area contributed by atoms with Crippen molar-refractivity contribution in [2.45, 2.75) is 6.92 Å². The minimum absolute atomic E-state index is 0.171. The van der Waals surface area contributed by atoms with Crippen LogP contribution in [0.25, 0.3) is 11.4 Å². The number of nitrogens with one attached hydrogen (secondary N) is 2. The summed E-state index contributed by atoms with van der Waals surface area (Å²) in [7, 11) is 0. The monoisotopic (exact) mass is 393 g/mol. The summed E-state index contributed by atoms with van der Waals surface area (Å²) in [6, 6.07) is 14.7. The number of anilines is 2. The molecule has 1 fully saturated rings. The van der Waals surface area contributed by atoms with Crippen LogP contribution in [-0.4, -0.2) is 53.7 Å². The summed E-state index contributed by atoms with van der Waals surface area (Å²) >= 11 is 0. The number of likely N-dealkylation sites (N-methyl/N-ethyl adjacent to an activating group) is 1. The molecular weight excluding hydrogens is 370 g/mol. The van der Waals surface area contributed by atoms with E-state index < -0.39 is 5.76 Å². The van der Waals surface area contributed by atoms with E-state index in [-0.39, 0.29) is 5.91 Å². The van der Waals surface area contributed by atoms with Crippen molar-refractivity contribution in [3.63, 3.8) is 0 Å². The van der Waals surface area contributed by atoms with Crippen LogP contribution in [0.1, 0.15) is 17.3 Å². The van der Waals surface area contributed by atoms with Gasteiger partial charge in [0.25, 0.3) is 5.91 Å². The lowest BCUT2D eigenvalue weighted by Crippen LogP contribution is -2.46. The zero-order valence-corrected chi connectivity index (χ0v) is 16.2. The topological polar surface area (TPSA) is 94.5 Å². The van der Waals surface area contributed by atoms with E-state index in [1.54, 1.807) is 24.3 Å². The average Bonchev–Trinajstić information content (AvgIpc) is 3.21. The zero-order valence-electron chi connectivity index (χ0n) is 16.2. The summed E-state index contributed by atoms with van der Waals surface area (Å²) in [4.78, 5) is 30.8. The predicted molar refractivity (Wildman–Crippen MR) is 111 cm³/mol. The Labute approximate surface area is 168 Å². The van der Waals surface area contributed by atoms with E-state index in [9.17, 15) is 9.59 Å². The number of hydrogen-bond acceptors (Lipinski definition) is 6. The van der Waals surface area contributed by atoms with Gasteiger partial charge in [0.05, 0.1) is 0 Å². The number of H-pyrrole nitrogens is 1. The SMILES string of the molecule is CCN1CCN(c2ccc(C(=O)Nc3ccc(-c4noc(=O)[nH]4)cc3)cc2)CC1. The molecule has 0 aliphatic carbocycles. The van der Waals surface area contributed by atoms with Crippen molar-refractivity contribution in [3.05, 3.63) is 64.6 Å². The first kappa shape index (κ1) is 18.9. The minimum atomic E-state index is -0.604. The van der Waals surface area contributed by atoms with Crippen molar-refractivity contribution in [1.82, 2.24) is 15.0 Å². The first-order chi connectivity index (χ1) is 14.1. The van der Waals surface area contributed by atoms with E-state index in [1.807, 2.05) is 24.3 Å². The lowest BCUT2D eigenvalue weighted by atomic mass is 10.1. The van der Waals surface area contributed by atoms with Crippen LogP contribution in [-0.2, 0) is 0 Å². The molecule has 2 heterocycles. The van der Waals surface area contributed by atoms with Crippen LogP contribution in [0.5, 0.6) is 0 Å². The fraction of sp³-hybridized carbons (Fsp3) is 0.286. The predicted octanol–water partition coefficient (Wildman–Crippen LogP) is 2.42. The molecule has 0 unspecified atom stereocenters. The van der Waals surface area contributed by atoms with Gasteiger partial charge in [0.2, 0.25) is 0 Å². The number of hydrogen-bond donors (Lipinski definition) is 2. The Bertz CT molecular complexity index is 1020. The zero-order chi connectivity index (χ0) is 20.2. The Balaban J connectivity index is 1.38. The Kier molecular flexibility index (Phi) is 5.44. The highest BCUT2D eigenvalue weighted by atomic mass is 16.5. The lowest BCUT2D eigenvalue weighted by molar-refractivity contribution is 0.102. The number of rotatable bonds is 5. The van der Waals surface area contributed by atoms with Crippen LogP contribution < -0.4 is 16.0 Å². The van der Waals surface area contributed by atoms with Crippen molar-refractivity contribution in [2.24, 2.45) is 0 Å². The molecule has 0 saturated carbocycles. The Hall–Kier alpha value is -3.39. The summed E-state index contributed by atoms with van der Waals surface area (Å²) < 4.78 is 4.50. The van der Waals surface area contributed by atoms with Crippen LogP contribution in [0.15, 0.2) is 57.8 Å². The number of carbonyl (C=O) groups excluding carboxylic acids is 1. The van der Waals surface area contributed by atoms with Gasteiger partial charge >= 0.3 is 5.76 Å². The molecule has 29 heavy (non-hydrogen) atoms. The highest BCUT2D eigenvalue weighted by Gasteiger charge is 2.16. The van der Waals surface area contributed by atoms with Crippen molar-refractivity contribution in [1.29, 1.82) is 0 Å². The van der Waals surface area contributed by atoms with E-state index in [0.29, 0.717) is 22.6 Å². The van der Waals surface area contributed by atoms with Crippen molar-refractivity contribution in [2.75, 3.05) is 42.9 Å². The maximum atomic E-state index is 12.5. The van der Waals surface area contributed by atoms with Crippen molar-refractivity contribution in [3.8, 4) is 11.4 Å². The molecule has 0 radical (unpaired) electrons. The molecule has 1 saturated heterocycles. The molecule has 2 aromatic carbocycles. The third-order valence-electron chi connectivity index (χ3n) is 5.17. The number of aromatic amines is 1. The van der Waals surface area contributed by atoms with Crippen LogP contribution >= 0.6 is 0 Å². The molecular formula is C21H23N5O3. The minimum Gasteiger partial charge on any atom is -0.369 e. The summed E-state index contributed by atoms with van der Waals surface area (Å²) in [6.07, 6.45) is 0. The molecule has 0 spiro atoms. The maximum absolute atomic E-state index is 12.5. The van der Waals surface area contributed by atoms with Gasteiger partial charge in [0, 0.05) is 48.7 Å². The number of aromatic nitrogens is 2. The van der Waals surface area contributed by atoms with Gasteiger partial charge in [-0.2, -0.15) is 0 Å². The molecule has 4 rings (SSSR count). The van der Waals surface area contributed by atoms with Gasteiger partial charge < -0.3 is 15.1 Å². The van der Waals surface area contributed by atoms with Gasteiger partial charge in [-0.3, -0.25) is 14.3 Å². The Morgan fingerprint density at radius 1 is 1.07 bits per heavy atom. The summed E-state index contributed by atoms with van der Waals surface area (Å²) in [5.74, 6) is -0.425. The smallest absolute Gasteiger partial charge is 0.369 e. The summed E-state index contributed by atoms with van der Waals surface area (Å²) in [5.41, 5.74) is 3.10. The number of nitrogens with zero attached hydrogens (tertiary/aromatic N) is 3. The first-order valence-corrected chi connectivity index (χ1v) is 9.67. The van der Waals surface area contributed by atoms with Crippen LogP contribution in [0, 0.1) is 0 Å².